The average Bonchev–Trinajstić information content (AvgIpc) is 2.61. The Bertz CT molecular complexity index is 1050. The second kappa shape index (κ2) is 8.24. The van der Waals surface area contributed by atoms with Crippen LogP contribution in [0.4, 0.5) is 5.82 Å². The number of anilines is 1. The Hall–Kier alpha value is -3.16. The summed E-state index contributed by atoms with van der Waals surface area (Å²) in [4.78, 5) is 49.5. The van der Waals surface area contributed by atoms with Gasteiger partial charge in [0.15, 0.2) is 6.61 Å². The van der Waals surface area contributed by atoms with Crippen LogP contribution in [0.25, 0.3) is 0 Å². The van der Waals surface area contributed by atoms with Gasteiger partial charge in [-0.3, -0.25) is 18.7 Å². The van der Waals surface area contributed by atoms with Crippen LogP contribution in [0.1, 0.15) is 45.7 Å². The molecule has 150 valence electrons. The number of nitrogens with zero attached hydrogens (tertiary/aromatic N) is 2. The van der Waals surface area contributed by atoms with Gasteiger partial charge in [-0.25, -0.2) is 9.59 Å². The summed E-state index contributed by atoms with van der Waals surface area (Å²) in [6.45, 7) is 7.03. The maximum atomic E-state index is 12.6. The van der Waals surface area contributed by atoms with Crippen LogP contribution in [-0.2, 0) is 18.3 Å². The van der Waals surface area contributed by atoms with E-state index in [1.807, 2.05) is 26.8 Å². The van der Waals surface area contributed by atoms with Crippen molar-refractivity contribution in [2.45, 2.75) is 34.2 Å². The maximum absolute atomic E-state index is 12.6. The first-order valence-corrected chi connectivity index (χ1v) is 8.91. The van der Waals surface area contributed by atoms with E-state index in [0.717, 1.165) is 15.7 Å². The van der Waals surface area contributed by atoms with Gasteiger partial charge in [0.2, 0.25) is 5.78 Å². The lowest BCUT2D eigenvalue weighted by atomic mass is 10.1. The van der Waals surface area contributed by atoms with E-state index in [4.69, 9.17) is 10.5 Å². The van der Waals surface area contributed by atoms with Gasteiger partial charge in [-0.1, -0.05) is 31.5 Å². The van der Waals surface area contributed by atoms with Crippen LogP contribution in [0, 0.1) is 19.8 Å². The van der Waals surface area contributed by atoms with Crippen molar-refractivity contribution >= 4 is 17.6 Å². The maximum Gasteiger partial charge on any atom is 0.338 e. The highest BCUT2D eigenvalue weighted by Gasteiger charge is 2.23. The molecule has 8 nitrogen and oxygen atoms in total. The molecule has 0 saturated heterocycles. The summed E-state index contributed by atoms with van der Waals surface area (Å²) in [6.07, 6.45) is 0. The van der Waals surface area contributed by atoms with Crippen LogP contribution < -0.4 is 17.0 Å². The minimum absolute atomic E-state index is 0.0720. The first-order chi connectivity index (χ1) is 13.0. The quantitative estimate of drug-likeness (QED) is 0.593. The zero-order valence-electron chi connectivity index (χ0n) is 16.7. The van der Waals surface area contributed by atoms with Gasteiger partial charge in [-0.05, 0) is 31.4 Å². The van der Waals surface area contributed by atoms with E-state index in [0.29, 0.717) is 5.56 Å². The van der Waals surface area contributed by atoms with Gasteiger partial charge in [0, 0.05) is 13.6 Å². The summed E-state index contributed by atoms with van der Waals surface area (Å²) in [5.74, 6) is -1.57. The molecule has 2 aromatic rings. The van der Waals surface area contributed by atoms with Crippen LogP contribution in [0.5, 0.6) is 0 Å². The van der Waals surface area contributed by atoms with Crippen molar-refractivity contribution in [3.05, 3.63) is 61.3 Å². The number of hydrogen-bond donors (Lipinski definition) is 1. The number of carbonyl (C=O) groups is 2. The fraction of sp³-hybridized carbons (Fsp3) is 0.400. The molecule has 0 amide bonds. The second-order valence-corrected chi connectivity index (χ2v) is 7.23. The van der Waals surface area contributed by atoms with Gasteiger partial charge in [-0.2, -0.15) is 0 Å². The third-order valence-corrected chi connectivity index (χ3v) is 4.35. The Kier molecular flexibility index (Phi) is 6.23. The molecule has 2 rings (SSSR count). The van der Waals surface area contributed by atoms with Crippen molar-refractivity contribution in [2.24, 2.45) is 13.0 Å². The van der Waals surface area contributed by atoms with Gasteiger partial charge in [0.05, 0.1) is 5.56 Å². The minimum Gasteiger partial charge on any atom is -0.454 e. The SMILES string of the molecule is Cc1ccc(C(=O)OCC(=O)c2c(N)n(CC(C)C)c(=O)n(C)c2=O)c(C)c1. The van der Waals surface area contributed by atoms with E-state index in [1.165, 1.54) is 11.6 Å². The van der Waals surface area contributed by atoms with Gasteiger partial charge in [0.1, 0.15) is 11.4 Å². The van der Waals surface area contributed by atoms with Crippen molar-refractivity contribution in [3.63, 3.8) is 0 Å². The van der Waals surface area contributed by atoms with Gasteiger partial charge in [-0.15, -0.1) is 0 Å². The smallest absolute Gasteiger partial charge is 0.338 e. The molecule has 1 heterocycles. The normalized spacial score (nSPS) is 10.9. The third-order valence-electron chi connectivity index (χ3n) is 4.35. The number of carbonyl (C=O) groups excluding carboxylic acids is 2. The summed E-state index contributed by atoms with van der Waals surface area (Å²) >= 11 is 0. The monoisotopic (exact) mass is 387 g/mol. The predicted octanol–water partition coefficient (Wildman–Crippen LogP) is 1.44. The number of ether oxygens (including phenoxy) is 1. The zero-order valence-corrected chi connectivity index (χ0v) is 16.7. The Labute approximate surface area is 162 Å². The molecule has 0 bridgehead atoms. The number of aromatic nitrogens is 2. The number of benzene rings is 1. The Morgan fingerprint density at radius 1 is 1.18 bits per heavy atom. The second-order valence-electron chi connectivity index (χ2n) is 7.23. The van der Waals surface area contributed by atoms with Crippen LogP contribution in [0.15, 0.2) is 27.8 Å². The molecular weight excluding hydrogens is 362 g/mol. The van der Waals surface area contributed by atoms with Gasteiger partial charge < -0.3 is 10.5 Å². The first-order valence-electron chi connectivity index (χ1n) is 8.91. The summed E-state index contributed by atoms with van der Waals surface area (Å²) in [5.41, 5.74) is 6.24. The molecule has 28 heavy (non-hydrogen) atoms. The highest BCUT2D eigenvalue weighted by atomic mass is 16.5. The molecule has 0 aliphatic heterocycles. The Morgan fingerprint density at radius 3 is 2.39 bits per heavy atom. The van der Waals surface area contributed by atoms with E-state index in [1.54, 1.807) is 19.1 Å². The summed E-state index contributed by atoms with van der Waals surface area (Å²) in [6, 6.07) is 5.21. The largest absolute Gasteiger partial charge is 0.454 e. The molecule has 1 aromatic carbocycles. The summed E-state index contributed by atoms with van der Waals surface area (Å²) < 4.78 is 7.10. The van der Waals surface area contributed by atoms with Crippen LogP contribution >= 0.6 is 0 Å². The van der Waals surface area contributed by atoms with Crippen molar-refractivity contribution in [1.82, 2.24) is 9.13 Å². The molecule has 0 unspecified atom stereocenters. The molecule has 0 aliphatic rings. The molecule has 0 fully saturated rings. The molecule has 0 saturated carbocycles. The molecule has 2 N–H and O–H groups in total. The third kappa shape index (κ3) is 4.21. The molecular formula is C20H25N3O5. The van der Waals surface area contributed by atoms with E-state index in [-0.39, 0.29) is 23.8 Å². The Balaban J connectivity index is 2.31. The lowest BCUT2D eigenvalue weighted by molar-refractivity contribution is 0.0473. The first kappa shape index (κ1) is 21.1. The van der Waals surface area contributed by atoms with E-state index in [9.17, 15) is 19.2 Å². The number of rotatable bonds is 6. The van der Waals surface area contributed by atoms with Crippen LogP contribution in [0.3, 0.4) is 0 Å². The van der Waals surface area contributed by atoms with Crippen molar-refractivity contribution in [3.8, 4) is 0 Å². The van der Waals surface area contributed by atoms with Crippen molar-refractivity contribution in [1.29, 1.82) is 0 Å². The molecule has 0 radical (unpaired) electrons. The molecule has 8 heteroatoms. The topological polar surface area (TPSA) is 113 Å². The minimum atomic E-state index is -0.810. The molecule has 0 aliphatic carbocycles. The molecule has 0 atom stereocenters. The summed E-state index contributed by atoms with van der Waals surface area (Å²) in [7, 11) is 1.28. The van der Waals surface area contributed by atoms with Gasteiger partial charge >= 0.3 is 11.7 Å². The fourth-order valence-corrected chi connectivity index (χ4v) is 2.91. The number of nitrogens with two attached hydrogens (primary N) is 1. The zero-order chi connectivity index (χ0) is 21.2. The van der Waals surface area contributed by atoms with Crippen LogP contribution in [0.2, 0.25) is 0 Å². The van der Waals surface area contributed by atoms with E-state index >= 15 is 0 Å². The predicted molar refractivity (Wildman–Crippen MR) is 106 cm³/mol. The Morgan fingerprint density at radius 2 is 1.82 bits per heavy atom. The van der Waals surface area contributed by atoms with Crippen molar-refractivity contribution < 1.29 is 14.3 Å². The number of hydrogen-bond acceptors (Lipinski definition) is 6. The standard InChI is InChI=1S/C20H25N3O5/c1-11(2)9-23-17(21)16(18(25)22(5)20(23)27)15(24)10-28-19(26)14-7-6-12(3)8-13(14)4/h6-8,11H,9-10,21H2,1-5H3. The molecule has 1 aromatic heterocycles. The van der Waals surface area contributed by atoms with Gasteiger partial charge in [0.25, 0.3) is 5.56 Å². The number of esters is 1. The highest BCUT2D eigenvalue weighted by molar-refractivity contribution is 6.02. The highest BCUT2D eigenvalue weighted by Crippen LogP contribution is 2.13. The van der Waals surface area contributed by atoms with Crippen molar-refractivity contribution in [2.75, 3.05) is 12.3 Å². The fourth-order valence-electron chi connectivity index (χ4n) is 2.91. The number of aryl methyl sites for hydroxylation is 2. The lowest BCUT2D eigenvalue weighted by Crippen LogP contribution is -2.43. The average molecular weight is 387 g/mol. The number of nitrogen functional groups attached to an aromatic ring is 1. The summed E-state index contributed by atoms with van der Waals surface area (Å²) in [5, 5.41) is 0. The molecule has 0 spiro atoms. The van der Waals surface area contributed by atoms with E-state index < -0.39 is 29.6 Å². The van der Waals surface area contributed by atoms with E-state index in [2.05, 4.69) is 0 Å². The lowest BCUT2D eigenvalue weighted by Gasteiger charge is -2.16. The number of Topliss-reactive ketones (excluding diaryl/α,β-unsaturated/α-hetero) is 1. The number of ketones is 1. The van der Waals surface area contributed by atoms with Crippen LogP contribution in [-0.4, -0.2) is 27.5 Å².